The Morgan fingerprint density at radius 3 is 2.77 bits per heavy atom. The average molecular weight is 185 g/mol. The maximum Gasteiger partial charge on any atom is 0.0581 e. The van der Waals surface area contributed by atoms with Crippen molar-refractivity contribution in [3.63, 3.8) is 0 Å². The molecule has 0 amide bonds. The van der Waals surface area contributed by atoms with Gasteiger partial charge in [-0.1, -0.05) is 12.8 Å². The van der Waals surface area contributed by atoms with Crippen molar-refractivity contribution in [2.75, 3.05) is 6.54 Å². The summed E-state index contributed by atoms with van der Waals surface area (Å²) in [6.45, 7) is 5.07. The lowest BCUT2D eigenvalue weighted by molar-refractivity contribution is -0.0244. The highest BCUT2D eigenvalue weighted by molar-refractivity contribution is 4.74. The Balaban J connectivity index is 2.24. The first-order chi connectivity index (χ1) is 6.22. The third-order valence-electron chi connectivity index (χ3n) is 2.77. The number of hydrogen-bond acceptors (Lipinski definition) is 2. The molecule has 1 aliphatic carbocycles. The van der Waals surface area contributed by atoms with Gasteiger partial charge < -0.3 is 10.5 Å². The minimum absolute atomic E-state index is 0.377. The molecule has 0 aromatic carbocycles. The molecule has 2 nitrogen and oxygen atoms in total. The molecule has 2 heteroatoms. The lowest BCUT2D eigenvalue weighted by Gasteiger charge is -2.30. The molecule has 0 aliphatic heterocycles. The van der Waals surface area contributed by atoms with Crippen molar-refractivity contribution in [1.82, 2.24) is 0 Å². The fourth-order valence-corrected chi connectivity index (χ4v) is 2.25. The van der Waals surface area contributed by atoms with E-state index in [4.69, 9.17) is 10.5 Å². The van der Waals surface area contributed by atoms with Crippen molar-refractivity contribution in [2.24, 2.45) is 11.7 Å². The van der Waals surface area contributed by atoms with Crippen molar-refractivity contribution in [2.45, 2.75) is 58.2 Å². The summed E-state index contributed by atoms with van der Waals surface area (Å²) >= 11 is 0. The Morgan fingerprint density at radius 1 is 1.38 bits per heavy atom. The molecular formula is C11H23NO. The summed E-state index contributed by atoms with van der Waals surface area (Å²) in [4.78, 5) is 0. The number of hydrogen-bond donors (Lipinski definition) is 1. The van der Waals surface area contributed by atoms with Gasteiger partial charge in [0.25, 0.3) is 0 Å². The van der Waals surface area contributed by atoms with Crippen LogP contribution in [-0.4, -0.2) is 18.8 Å². The molecule has 2 unspecified atom stereocenters. The van der Waals surface area contributed by atoms with E-state index in [1.54, 1.807) is 0 Å². The van der Waals surface area contributed by atoms with E-state index in [9.17, 15) is 0 Å². The zero-order valence-electron chi connectivity index (χ0n) is 8.96. The third kappa shape index (κ3) is 4.10. The molecule has 0 radical (unpaired) electrons. The van der Waals surface area contributed by atoms with E-state index in [2.05, 4.69) is 13.8 Å². The highest BCUT2D eigenvalue weighted by Gasteiger charge is 2.22. The van der Waals surface area contributed by atoms with Crippen molar-refractivity contribution >= 4 is 0 Å². The van der Waals surface area contributed by atoms with Crippen LogP contribution in [0.3, 0.4) is 0 Å². The first kappa shape index (κ1) is 11.0. The van der Waals surface area contributed by atoms with Crippen LogP contribution in [0.1, 0.15) is 46.0 Å². The minimum Gasteiger partial charge on any atom is -0.376 e. The van der Waals surface area contributed by atoms with Gasteiger partial charge in [0, 0.05) is 0 Å². The van der Waals surface area contributed by atoms with Gasteiger partial charge in [0.05, 0.1) is 12.2 Å². The van der Waals surface area contributed by atoms with Crippen LogP contribution in [0.2, 0.25) is 0 Å². The number of ether oxygens (including phenoxy) is 1. The molecule has 78 valence electrons. The van der Waals surface area contributed by atoms with Gasteiger partial charge in [-0.05, 0) is 45.6 Å². The number of rotatable bonds is 4. The zero-order valence-corrected chi connectivity index (χ0v) is 8.96. The van der Waals surface area contributed by atoms with Crippen LogP contribution in [-0.2, 0) is 4.74 Å². The first-order valence-electron chi connectivity index (χ1n) is 5.58. The molecule has 0 spiro atoms. The van der Waals surface area contributed by atoms with Crippen LogP contribution in [0, 0.1) is 5.92 Å². The highest BCUT2D eigenvalue weighted by Crippen LogP contribution is 2.28. The smallest absolute Gasteiger partial charge is 0.0581 e. The Bertz CT molecular complexity index is 134. The van der Waals surface area contributed by atoms with E-state index in [-0.39, 0.29) is 0 Å². The third-order valence-corrected chi connectivity index (χ3v) is 2.77. The molecule has 0 aromatic heterocycles. The summed E-state index contributed by atoms with van der Waals surface area (Å²) in [6, 6.07) is 0. The molecule has 1 saturated carbocycles. The highest BCUT2D eigenvalue weighted by atomic mass is 16.5. The van der Waals surface area contributed by atoms with Gasteiger partial charge in [-0.15, -0.1) is 0 Å². The lowest BCUT2D eigenvalue weighted by Crippen LogP contribution is -2.26. The molecule has 2 N–H and O–H groups in total. The second-order valence-electron chi connectivity index (χ2n) is 4.42. The van der Waals surface area contributed by atoms with E-state index in [1.165, 1.54) is 32.1 Å². The number of nitrogens with two attached hydrogens (primary N) is 1. The molecule has 1 fully saturated rings. The Hall–Kier alpha value is -0.0800. The van der Waals surface area contributed by atoms with E-state index < -0.39 is 0 Å². The summed E-state index contributed by atoms with van der Waals surface area (Å²) in [6.07, 6.45) is 7.22. The Labute approximate surface area is 81.8 Å². The SMILES string of the molecule is CC(C)OC1CCCC(CCN)C1. The standard InChI is InChI=1S/C11H23NO/c1-9(2)13-11-5-3-4-10(8-11)6-7-12/h9-11H,3-8,12H2,1-2H3. The van der Waals surface area contributed by atoms with Crippen molar-refractivity contribution in [3.8, 4) is 0 Å². The summed E-state index contributed by atoms with van der Waals surface area (Å²) in [5.74, 6) is 0.822. The van der Waals surface area contributed by atoms with E-state index in [0.29, 0.717) is 12.2 Å². The van der Waals surface area contributed by atoms with Crippen LogP contribution >= 0.6 is 0 Å². The quantitative estimate of drug-likeness (QED) is 0.729. The second kappa shape index (κ2) is 5.61. The van der Waals surface area contributed by atoms with Crippen LogP contribution < -0.4 is 5.73 Å². The monoisotopic (exact) mass is 185 g/mol. The largest absolute Gasteiger partial charge is 0.376 e. The molecule has 1 aliphatic rings. The van der Waals surface area contributed by atoms with Gasteiger partial charge in [0.2, 0.25) is 0 Å². The topological polar surface area (TPSA) is 35.2 Å². The minimum atomic E-state index is 0.377. The predicted molar refractivity (Wildman–Crippen MR) is 55.6 cm³/mol. The molecule has 13 heavy (non-hydrogen) atoms. The molecule has 0 bridgehead atoms. The second-order valence-corrected chi connectivity index (χ2v) is 4.42. The maximum atomic E-state index is 5.83. The van der Waals surface area contributed by atoms with Gasteiger partial charge in [-0.25, -0.2) is 0 Å². The summed E-state index contributed by atoms with van der Waals surface area (Å²) in [5, 5.41) is 0. The van der Waals surface area contributed by atoms with Crippen LogP contribution in [0.25, 0.3) is 0 Å². The molecule has 0 saturated heterocycles. The van der Waals surface area contributed by atoms with Crippen molar-refractivity contribution in [1.29, 1.82) is 0 Å². The van der Waals surface area contributed by atoms with Crippen LogP contribution in [0.5, 0.6) is 0 Å². The summed E-state index contributed by atoms with van der Waals surface area (Å²) in [5.41, 5.74) is 5.57. The fraction of sp³-hybridized carbons (Fsp3) is 1.00. The Kier molecular flexibility index (Phi) is 4.74. The fourth-order valence-electron chi connectivity index (χ4n) is 2.25. The van der Waals surface area contributed by atoms with E-state index in [1.807, 2.05) is 0 Å². The van der Waals surface area contributed by atoms with Crippen LogP contribution in [0.4, 0.5) is 0 Å². The van der Waals surface area contributed by atoms with Crippen molar-refractivity contribution in [3.05, 3.63) is 0 Å². The lowest BCUT2D eigenvalue weighted by atomic mass is 9.85. The van der Waals surface area contributed by atoms with E-state index >= 15 is 0 Å². The van der Waals surface area contributed by atoms with Gasteiger partial charge in [-0.3, -0.25) is 0 Å². The maximum absolute atomic E-state index is 5.83. The molecule has 0 heterocycles. The molecule has 1 rings (SSSR count). The Morgan fingerprint density at radius 2 is 2.15 bits per heavy atom. The van der Waals surface area contributed by atoms with Gasteiger partial charge in [-0.2, -0.15) is 0 Å². The summed E-state index contributed by atoms with van der Waals surface area (Å²) in [7, 11) is 0. The summed E-state index contributed by atoms with van der Waals surface area (Å²) < 4.78 is 5.83. The van der Waals surface area contributed by atoms with Gasteiger partial charge >= 0.3 is 0 Å². The van der Waals surface area contributed by atoms with Gasteiger partial charge in [0.1, 0.15) is 0 Å². The molecule has 2 atom stereocenters. The zero-order chi connectivity index (χ0) is 9.68. The van der Waals surface area contributed by atoms with E-state index in [0.717, 1.165) is 12.5 Å². The van der Waals surface area contributed by atoms with Gasteiger partial charge in [0.15, 0.2) is 0 Å². The predicted octanol–water partition coefficient (Wildman–Crippen LogP) is 2.32. The first-order valence-corrected chi connectivity index (χ1v) is 5.58. The normalized spacial score (nSPS) is 29.5. The van der Waals surface area contributed by atoms with Crippen LogP contribution in [0.15, 0.2) is 0 Å². The van der Waals surface area contributed by atoms with Crippen molar-refractivity contribution < 1.29 is 4.74 Å². The molecular weight excluding hydrogens is 162 g/mol. The average Bonchev–Trinajstić information content (AvgIpc) is 2.04. The molecule has 0 aromatic rings.